The molecule has 0 radical (unpaired) electrons. The molecule has 0 atom stereocenters. The van der Waals surface area contributed by atoms with Crippen molar-refractivity contribution in [1.82, 2.24) is 19.3 Å². The molecule has 0 N–H and O–H groups in total. The van der Waals surface area contributed by atoms with Gasteiger partial charge in [-0.1, -0.05) is 53.9 Å². The van der Waals surface area contributed by atoms with Crippen molar-refractivity contribution in [3.8, 4) is 0 Å². The fourth-order valence-electron chi connectivity index (χ4n) is 6.48. The summed E-state index contributed by atoms with van der Waals surface area (Å²) in [5.74, 6) is 0.304. The molecular formula is C30H42N4O4S. The minimum atomic E-state index is -3.79. The van der Waals surface area contributed by atoms with Crippen LogP contribution in [-0.2, 0) is 14.8 Å². The predicted molar refractivity (Wildman–Crippen MR) is 152 cm³/mol. The lowest BCUT2D eigenvalue weighted by Gasteiger charge is -2.41. The summed E-state index contributed by atoms with van der Waals surface area (Å²) in [6.07, 6.45) is 11.9. The van der Waals surface area contributed by atoms with Gasteiger partial charge in [-0.15, -0.1) is 0 Å². The molecule has 0 unspecified atom stereocenters. The monoisotopic (exact) mass is 554 g/mol. The van der Waals surface area contributed by atoms with E-state index in [4.69, 9.17) is 4.52 Å². The average Bonchev–Trinajstić information content (AvgIpc) is 3.62. The Hall–Kier alpha value is -2.49. The molecule has 1 aromatic heterocycles. The summed E-state index contributed by atoms with van der Waals surface area (Å²) in [6, 6.07) is 9.22. The van der Waals surface area contributed by atoms with Crippen LogP contribution in [0.25, 0.3) is 12.2 Å². The van der Waals surface area contributed by atoms with Gasteiger partial charge in [-0.3, -0.25) is 4.79 Å². The molecule has 3 heterocycles. The molecule has 1 saturated carbocycles. The predicted octanol–water partition coefficient (Wildman–Crippen LogP) is 4.73. The van der Waals surface area contributed by atoms with E-state index in [-0.39, 0.29) is 22.5 Å². The van der Waals surface area contributed by atoms with Gasteiger partial charge in [0.05, 0.1) is 0 Å². The van der Waals surface area contributed by atoms with Gasteiger partial charge in [0.2, 0.25) is 15.9 Å². The summed E-state index contributed by atoms with van der Waals surface area (Å²) >= 11 is 0. The van der Waals surface area contributed by atoms with E-state index in [1.165, 1.54) is 30.0 Å². The molecule has 1 amide bonds. The number of likely N-dealkylation sites (tertiary alicyclic amines) is 1. The Morgan fingerprint density at radius 3 is 2.18 bits per heavy atom. The normalized spacial score (nSPS) is 21.0. The molecule has 0 spiro atoms. The van der Waals surface area contributed by atoms with Crippen molar-refractivity contribution >= 4 is 28.1 Å². The van der Waals surface area contributed by atoms with Crippen LogP contribution in [0.4, 0.5) is 0 Å². The lowest BCUT2D eigenvalue weighted by molar-refractivity contribution is -0.138. The molecule has 9 heteroatoms. The van der Waals surface area contributed by atoms with Crippen molar-refractivity contribution in [2.75, 3.05) is 33.2 Å². The number of benzene rings is 1. The summed E-state index contributed by atoms with van der Waals surface area (Å²) < 4.78 is 34.1. The Labute approximate surface area is 233 Å². The smallest absolute Gasteiger partial charge is 0.248 e. The van der Waals surface area contributed by atoms with Gasteiger partial charge in [0.1, 0.15) is 5.69 Å². The third kappa shape index (κ3) is 6.15. The molecule has 8 nitrogen and oxygen atoms in total. The van der Waals surface area contributed by atoms with Gasteiger partial charge < -0.3 is 14.3 Å². The zero-order valence-corrected chi connectivity index (χ0v) is 24.3. The number of hydrogen-bond donors (Lipinski definition) is 0. The summed E-state index contributed by atoms with van der Waals surface area (Å²) in [4.78, 5) is 18.0. The first-order valence-electron chi connectivity index (χ1n) is 14.5. The van der Waals surface area contributed by atoms with E-state index in [1.54, 1.807) is 13.0 Å². The van der Waals surface area contributed by atoms with Crippen LogP contribution in [0.3, 0.4) is 0 Å². The standard InChI is InChI=1S/C30H42N4O4S/c1-22-8-10-24(11-9-22)12-13-28-29(23(2)31-38-28)39(36,37)34-20-14-25(15-21-34)30(35)33-18-16-27(17-19-33)32(3)26-6-4-5-7-26/h8-13,25-27H,4-7,14-21H2,1-3H3. The lowest BCUT2D eigenvalue weighted by atomic mass is 9.94. The Bertz CT molecular complexity index is 1260. The van der Waals surface area contributed by atoms with E-state index < -0.39 is 10.0 Å². The van der Waals surface area contributed by atoms with Gasteiger partial charge in [-0.25, -0.2) is 8.42 Å². The molecule has 0 bridgehead atoms. The topological polar surface area (TPSA) is 87.0 Å². The van der Waals surface area contributed by atoms with Gasteiger partial charge in [0.15, 0.2) is 10.7 Å². The van der Waals surface area contributed by atoms with Crippen LogP contribution >= 0.6 is 0 Å². The third-order valence-corrected chi connectivity index (χ3v) is 11.0. The van der Waals surface area contributed by atoms with Crippen LogP contribution in [0.15, 0.2) is 33.7 Å². The van der Waals surface area contributed by atoms with E-state index >= 15 is 0 Å². The lowest BCUT2D eigenvalue weighted by Crippen LogP contribution is -2.50. The Balaban J connectivity index is 1.17. The Morgan fingerprint density at radius 1 is 0.923 bits per heavy atom. The van der Waals surface area contributed by atoms with Crippen LogP contribution in [0.5, 0.6) is 0 Å². The number of carbonyl (C=O) groups excluding carboxylic acids is 1. The van der Waals surface area contributed by atoms with Gasteiger partial charge in [-0.2, -0.15) is 4.31 Å². The van der Waals surface area contributed by atoms with Gasteiger partial charge in [0, 0.05) is 44.2 Å². The van der Waals surface area contributed by atoms with Crippen LogP contribution < -0.4 is 0 Å². The van der Waals surface area contributed by atoms with Gasteiger partial charge in [-0.05, 0) is 71.1 Å². The van der Waals surface area contributed by atoms with Gasteiger partial charge in [0.25, 0.3) is 0 Å². The maximum Gasteiger partial charge on any atom is 0.248 e. The molecule has 2 saturated heterocycles. The second-order valence-corrected chi connectivity index (χ2v) is 13.4. The minimum absolute atomic E-state index is 0.115. The summed E-state index contributed by atoms with van der Waals surface area (Å²) in [5, 5.41) is 3.96. The van der Waals surface area contributed by atoms with E-state index in [9.17, 15) is 13.2 Å². The van der Waals surface area contributed by atoms with Gasteiger partial charge >= 0.3 is 0 Å². The quantitative estimate of drug-likeness (QED) is 0.492. The maximum absolute atomic E-state index is 13.6. The first kappa shape index (κ1) is 28.1. The highest BCUT2D eigenvalue weighted by atomic mass is 32.2. The number of hydrogen-bond acceptors (Lipinski definition) is 6. The highest BCUT2D eigenvalue weighted by Gasteiger charge is 2.38. The average molecular weight is 555 g/mol. The summed E-state index contributed by atoms with van der Waals surface area (Å²) in [5.41, 5.74) is 2.46. The number of carbonyl (C=O) groups is 1. The van der Waals surface area contributed by atoms with Crippen molar-refractivity contribution in [2.45, 2.75) is 82.2 Å². The van der Waals surface area contributed by atoms with E-state index in [2.05, 4.69) is 17.1 Å². The number of amides is 1. The number of nitrogens with zero attached hydrogens (tertiary/aromatic N) is 4. The van der Waals surface area contributed by atoms with Crippen LogP contribution in [-0.4, -0.2) is 78.9 Å². The van der Waals surface area contributed by atoms with Crippen LogP contribution in [0, 0.1) is 19.8 Å². The number of aryl methyl sites for hydroxylation is 2. The van der Waals surface area contributed by atoms with Crippen molar-refractivity contribution < 1.29 is 17.7 Å². The molecule has 3 fully saturated rings. The molecule has 5 rings (SSSR count). The minimum Gasteiger partial charge on any atom is -0.355 e. The fraction of sp³-hybridized carbons (Fsp3) is 0.600. The van der Waals surface area contributed by atoms with E-state index in [1.807, 2.05) is 42.2 Å². The number of piperidine rings is 2. The van der Waals surface area contributed by atoms with Crippen LogP contribution in [0.2, 0.25) is 0 Å². The third-order valence-electron chi connectivity index (χ3n) is 8.99. The SMILES string of the molecule is Cc1ccc(C=Cc2onc(C)c2S(=O)(=O)N2CCC(C(=O)N3CCC(N(C)C4CCCC4)CC3)CC2)cc1. The van der Waals surface area contributed by atoms with Crippen LogP contribution in [0.1, 0.15) is 73.9 Å². The Morgan fingerprint density at radius 2 is 1.54 bits per heavy atom. The fourth-order valence-corrected chi connectivity index (χ4v) is 8.20. The largest absolute Gasteiger partial charge is 0.355 e. The molecule has 212 valence electrons. The molecular weight excluding hydrogens is 512 g/mol. The first-order chi connectivity index (χ1) is 18.7. The summed E-state index contributed by atoms with van der Waals surface area (Å²) in [6.45, 7) is 5.93. The second kappa shape index (κ2) is 11.9. The highest BCUT2D eigenvalue weighted by molar-refractivity contribution is 7.89. The molecule has 1 aromatic carbocycles. The molecule has 2 aliphatic heterocycles. The number of sulfonamides is 1. The Kier molecular flexibility index (Phi) is 8.59. The van der Waals surface area contributed by atoms with E-state index in [0.29, 0.717) is 43.7 Å². The van der Waals surface area contributed by atoms with E-state index in [0.717, 1.165) is 37.1 Å². The molecule has 1 aliphatic carbocycles. The highest BCUT2D eigenvalue weighted by Crippen LogP contribution is 2.31. The summed E-state index contributed by atoms with van der Waals surface area (Å²) in [7, 11) is -1.54. The first-order valence-corrected chi connectivity index (χ1v) is 15.9. The number of rotatable bonds is 7. The zero-order chi connectivity index (χ0) is 27.6. The van der Waals surface area contributed by atoms with Crippen molar-refractivity contribution in [2.24, 2.45) is 5.92 Å². The molecule has 39 heavy (non-hydrogen) atoms. The zero-order valence-electron chi connectivity index (χ0n) is 23.5. The molecule has 2 aromatic rings. The second-order valence-electron chi connectivity index (χ2n) is 11.5. The van der Waals surface area contributed by atoms with Crippen molar-refractivity contribution in [3.05, 3.63) is 46.8 Å². The maximum atomic E-state index is 13.6. The molecule has 3 aliphatic rings. The van der Waals surface area contributed by atoms with Crippen molar-refractivity contribution in [1.29, 1.82) is 0 Å². The van der Waals surface area contributed by atoms with Crippen molar-refractivity contribution in [3.63, 3.8) is 0 Å². The number of aromatic nitrogens is 1.